The van der Waals surface area contributed by atoms with Crippen molar-refractivity contribution in [1.82, 2.24) is 9.55 Å². The molecule has 1 aromatic heterocycles. The zero-order chi connectivity index (χ0) is 11.7. The number of benzene rings is 1. The first kappa shape index (κ1) is 10.4. The second-order valence-electron chi connectivity index (χ2n) is 3.40. The molecule has 0 fully saturated rings. The number of aryl methyl sites for hydroxylation is 1. The Morgan fingerprint density at radius 1 is 1.50 bits per heavy atom. The van der Waals surface area contributed by atoms with Gasteiger partial charge in [0, 0.05) is 6.20 Å². The number of nitrogens with zero attached hydrogens (tertiary/aromatic N) is 2. The number of halogens is 1. The molecule has 0 aliphatic carbocycles. The van der Waals surface area contributed by atoms with Crippen molar-refractivity contribution in [2.45, 2.75) is 6.92 Å². The summed E-state index contributed by atoms with van der Waals surface area (Å²) in [6.45, 7) is 1.81. The first-order valence-corrected chi connectivity index (χ1v) is 4.62. The van der Waals surface area contributed by atoms with Crippen molar-refractivity contribution < 1.29 is 14.3 Å². The fourth-order valence-electron chi connectivity index (χ4n) is 1.43. The van der Waals surface area contributed by atoms with Gasteiger partial charge in [-0.3, -0.25) is 0 Å². The predicted molar refractivity (Wildman–Crippen MR) is 55.2 cm³/mol. The molecule has 0 spiro atoms. The van der Waals surface area contributed by atoms with Crippen molar-refractivity contribution in [1.29, 1.82) is 0 Å². The highest BCUT2D eigenvalue weighted by molar-refractivity contribution is 5.85. The van der Waals surface area contributed by atoms with E-state index in [1.54, 1.807) is 6.07 Å². The van der Waals surface area contributed by atoms with Crippen LogP contribution in [-0.4, -0.2) is 20.6 Å². The smallest absolute Gasteiger partial charge is 0.356 e. The van der Waals surface area contributed by atoms with E-state index in [0.29, 0.717) is 5.69 Å². The molecule has 5 heteroatoms. The van der Waals surface area contributed by atoms with Gasteiger partial charge in [-0.1, -0.05) is 6.07 Å². The Morgan fingerprint density at radius 2 is 2.25 bits per heavy atom. The topological polar surface area (TPSA) is 55.1 Å². The lowest BCUT2D eigenvalue weighted by molar-refractivity contribution is 0.0691. The first-order valence-electron chi connectivity index (χ1n) is 4.62. The summed E-state index contributed by atoms with van der Waals surface area (Å²) in [6.07, 6.45) is 2.70. The minimum atomic E-state index is -1.10. The molecule has 2 rings (SSSR count). The second kappa shape index (κ2) is 3.77. The van der Waals surface area contributed by atoms with Gasteiger partial charge in [0.25, 0.3) is 0 Å². The fourth-order valence-corrected chi connectivity index (χ4v) is 1.43. The molecule has 1 N–H and O–H groups in total. The van der Waals surface area contributed by atoms with Crippen molar-refractivity contribution in [3.05, 3.63) is 47.8 Å². The molecular weight excluding hydrogens is 211 g/mol. The number of carboxylic acids is 1. The number of rotatable bonds is 2. The Hall–Kier alpha value is -2.17. The molecule has 0 amide bonds. The van der Waals surface area contributed by atoms with Crippen LogP contribution < -0.4 is 0 Å². The van der Waals surface area contributed by atoms with Crippen molar-refractivity contribution in [2.24, 2.45) is 0 Å². The van der Waals surface area contributed by atoms with Gasteiger partial charge in [0.1, 0.15) is 12.1 Å². The fraction of sp³-hybridized carbons (Fsp3) is 0.0909. The van der Waals surface area contributed by atoms with Crippen molar-refractivity contribution in [3.63, 3.8) is 0 Å². The Bertz CT molecular complexity index is 549. The summed E-state index contributed by atoms with van der Waals surface area (Å²) in [5.74, 6) is -1.47. The molecule has 0 unspecified atom stereocenters. The monoisotopic (exact) mass is 220 g/mol. The lowest BCUT2D eigenvalue weighted by atomic mass is 10.2. The van der Waals surface area contributed by atoms with E-state index in [1.165, 1.54) is 29.2 Å². The third-order valence-corrected chi connectivity index (χ3v) is 2.25. The third-order valence-electron chi connectivity index (χ3n) is 2.25. The van der Waals surface area contributed by atoms with E-state index in [9.17, 15) is 9.18 Å². The Balaban J connectivity index is 2.50. The molecule has 82 valence electrons. The van der Waals surface area contributed by atoms with Crippen LogP contribution in [0.25, 0.3) is 5.69 Å². The average molecular weight is 220 g/mol. The molecule has 0 bridgehead atoms. The lowest BCUT2D eigenvalue weighted by Crippen LogP contribution is -1.97. The van der Waals surface area contributed by atoms with E-state index in [-0.39, 0.29) is 11.5 Å². The molecule has 0 saturated heterocycles. The molecule has 4 nitrogen and oxygen atoms in total. The molecule has 2 aromatic rings. The van der Waals surface area contributed by atoms with Gasteiger partial charge in [0.15, 0.2) is 5.69 Å². The summed E-state index contributed by atoms with van der Waals surface area (Å²) >= 11 is 0. The second-order valence-corrected chi connectivity index (χ2v) is 3.40. The summed E-state index contributed by atoms with van der Waals surface area (Å²) < 4.78 is 14.5. The van der Waals surface area contributed by atoms with Crippen LogP contribution in [0.3, 0.4) is 0 Å². The van der Waals surface area contributed by atoms with Gasteiger partial charge in [0.05, 0.1) is 5.69 Å². The maximum absolute atomic E-state index is 13.0. The number of hydrogen-bond acceptors (Lipinski definition) is 2. The van der Waals surface area contributed by atoms with Crippen molar-refractivity contribution in [3.8, 4) is 5.69 Å². The van der Waals surface area contributed by atoms with Gasteiger partial charge < -0.3 is 9.67 Å². The van der Waals surface area contributed by atoms with Crippen molar-refractivity contribution in [2.75, 3.05) is 0 Å². The molecule has 16 heavy (non-hydrogen) atoms. The van der Waals surface area contributed by atoms with Crippen LogP contribution in [0.5, 0.6) is 0 Å². The molecule has 0 aliphatic heterocycles. The van der Waals surface area contributed by atoms with Gasteiger partial charge in [0.2, 0.25) is 0 Å². The van der Waals surface area contributed by atoms with Crippen LogP contribution in [0, 0.1) is 12.7 Å². The minimum Gasteiger partial charge on any atom is -0.476 e. The van der Waals surface area contributed by atoms with E-state index in [1.807, 2.05) is 6.92 Å². The summed E-state index contributed by atoms with van der Waals surface area (Å²) in [4.78, 5) is 14.4. The number of aromatic nitrogens is 2. The molecule has 0 saturated carbocycles. The molecule has 1 aromatic carbocycles. The van der Waals surface area contributed by atoms with Crippen molar-refractivity contribution >= 4 is 5.97 Å². The quantitative estimate of drug-likeness (QED) is 0.842. The maximum atomic E-state index is 13.0. The number of aromatic carboxylic acids is 1. The molecule has 0 aliphatic rings. The maximum Gasteiger partial charge on any atom is 0.356 e. The average Bonchev–Trinajstić information content (AvgIpc) is 2.70. The summed E-state index contributed by atoms with van der Waals surface area (Å²) in [7, 11) is 0. The Labute approximate surface area is 91.0 Å². The van der Waals surface area contributed by atoms with Gasteiger partial charge >= 0.3 is 5.97 Å². The number of imidazole rings is 1. The van der Waals surface area contributed by atoms with E-state index < -0.39 is 5.97 Å². The van der Waals surface area contributed by atoms with Crippen LogP contribution in [0.1, 0.15) is 16.1 Å². The lowest BCUT2D eigenvalue weighted by Gasteiger charge is -2.05. The van der Waals surface area contributed by atoms with Crippen LogP contribution in [-0.2, 0) is 0 Å². The van der Waals surface area contributed by atoms with Gasteiger partial charge in [-0.25, -0.2) is 14.2 Å². The van der Waals surface area contributed by atoms with Gasteiger partial charge in [-0.05, 0) is 24.6 Å². The molecule has 0 atom stereocenters. The van der Waals surface area contributed by atoms with Gasteiger partial charge in [-0.2, -0.15) is 0 Å². The van der Waals surface area contributed by atoms with E-state index >= 15 is 0 Å². The number of carbonyl (C=O) groups is 1. The number of hydrogen-bond donors (Lipinski definition) is 1. The highest BCUT2D eigenvalue weighted by atomic mass is 19.1. The summed E-state index contributed by atoms with van der Waals surface area (Å²) in [5.41, 5.74) is 1.36. The standard InChI is InChI=1S/C11H9FN2O2/c1-7-2-3-8(12)4-10(7)14-5-9(11(15)16)13-6-14/h2-6H,1H3,(H,15,16). The zero-order valence-corrected chi connectivity index (χ0v) is 8.51. The van der Waals surface area contributed by atoms with E-state index in [4.69, 9.17) is 5.11 Å². The van der Waals surface area contributed by atoms with Gasteiger partial charge in [-0.15, -0.1) is 0 Å². The zero-order valence-electron chi connectivity index (χ0n) is 8.51. The largest absolute Gasteiger partial charge is 0.476 e. The SMILES string of the molecule is Cc1ccc(F)cc1-n1cnc(C(=O)O)c1. The first-order chi connectivity index (χ1) is 7.58. The molecule has 0 radical (unpaired) electrons. The molecular formula is C11H9FN2O2. The summed E-state index contributed by atoms with van der Waals surface area (Å²) in [5, 5.41) is 8.72. The van der Waals surface area contributed by atoms with E-state index in [2.05, 4.69) is 4.98 Å². The number of carboxylic acid groups (broad SMARTS) is 1. The van der Waals surface area contributed by atoms with Crippen LogP contribution in [0.15, 0.2) is 30.7 Å². The summed E-state index contributed by atoms with van der Waals surface area (Å²) in [6, 6.07) is 4.32. The Morgan fingerprint density at radius 3 is 2.88 bits per heavy atom. The highest BCUT2D eigenvalue weighted by Crippen LogP contribution is 2.15. The third kappa shape index (κ3) is 1.79. The minimum absolute atomic E-state index is 0.0661. The predicted octanol–water partition coefficient (Wildman–Crippen LogP) is 2.02. The van der Waals surface area contributed by atoms with Crippen LogP contribution >= 0.6 is 0 Å². The molecule has 1 heterocycles. The Kier molecular flexibility index (Phi) is 2.44. The normalized spacial score (nSPS) is 10.4. The highest BCUT2D eigenvalue weighted by Gasteiger charge is 2.09. The van der Waals surface area contributed by atoms with Crippen LogP contribution in [0.2, 0.25) is 0 Å². The van der Waals surface area contributed by atoms with E-state index in [0.717, 1.165) is 5.56 Å². The van der Waals surface area contributed by atoms with Crippen LogP contribution in [0.4, 0.5) is 4.39 Å².